The van der Waals surface area contributed by atoms with Crippen molar-refractivity contribution < 1.29 is 9.59 Å². The number of nitrogens with one attached hydrogen (secondary N) is 1. The van der Waals surface area contributed by atoms with E-state index in [-0.39, 0.29) is 11.8 Å². The van der Waals surface area contributed by atoms with E-state index in [0.29, 0.717) is 11.1 Å². The van der Waals surface area contributed by atoms with Crippen LogP contribution in [0.5, 0.6) is 0 Å². The Morgan fingerprint density at radius 2 is 1.48 bits per heavy atom. The number of benzene rings is 1. The molecule has 0 saturated heterocycles. The lowest BCUT2D eigenvalue weighted by atomic mass is 9.84. The number of hydrogen-bond donors (Lipinski definition) is 1. The van der Waals surface area contributed by atoms with E-state index in [9.17, 15) is 9.59 Å². The van der Waals surface area contributed by atoms with Crippen LogP contribution in [-0.4, -0.2) is 11.8 Å². The van der Waals surface area contributed by atoms with Crippen LogP contribution in [0.4, 0.5) is 0 Å². The maximum Gasteiger partial charge on any atom is 0.259 e. The van der Waals surface area contributed by atoms with Crippen molar-refractivity contribution in [1.82, 2.24) is 5.32 Å². The Balaban J connectivity index is 2.23. The molecule has 0 radical (unpaired) electrons. The van der Waals surface area contributed by atoms with Crippen molar-refractivity contribution >= 4 is 17.4 Å². The maximum atomic E-state index is 12.8. The molecule has 0 saturated carbocycles. The van der Waals surface area contributed by atoms with Gasteiger partial charge in [0.05, 0.1) is 11.1 Å². The first-order valence-electron chi connectivity index (χ1n) is 9.36. The highest BCUT2D eigenvalue weighted by molar-refractivity contribution is 6.28. The van der Waals surface area contributed by atoms with Gasteiger partial charge in [-0.2, -0.15) is 0 Å². The summed E-state index contributed by atoms with van der Waals surface area (Å²) in [6.07, 6.45) is 10.2. The minimum Gasteiger partial charge on any atom is -0.288 e. The molecule has 1 aliphatic carbocycles. The van der Waals surface area contributed by atoms with Gasteiger partial charge in [-0.3, -0.25) is 14.9 Å². The van der Waals surface area contributed by atoms with Gasteiger partial charge in [-0.05, 0) is 74.0 Å². The van der Waals surface area contributed by atoms with Crippen molar-refractivity contribution in [2.45, 2.75) is 40.5 Å². The van der Waals surface area contributed by atoms with Crippen LogP contribution in [0, 0.1) is 6.92 Å². The Hall–Kier alpha value is -2.94. The molecule has 27 heavy (non-hydrogen) atoms. The molecule has 2 amide bonds. The summed E-state index contributed by atoms with van der Waals surface area (Å²) in [5.74, 6) is -0.654. The summed E-state index contributed by atoms with van der Waals surface area (Å²) in [4.78, 5) is 25.5. The van der Waals surface area contributed by atoms with Crippen LogP contribution in [0.1, 0.15) is 44.7 Å². The van der Waals surface area contributed by atoms with Crippen molar-refractivity contribution in [3.05, 3.63) is 87.6 Å². The van der Waals surface area contributed by atoms with Crippen LogP contribution in [0.15, 0.2) is 76.4 Å². The third-order valence-corrected chi connectivity index (χ3v) is 5.16. The van der Waals surface area contributed by atoms with E-state index in [0.717, 1.165) is 46.3 Å². The van der Waals surface area contributed by atoms with Gasteiger partial charge in [0.25, 0.3) is 11.8 Å². The molecule has 1 aromatic carbocycles. The summed E-state index contributed by atoms with van der Waals surface area (Å²) in [7, 11) is 0. The molecule has 0 unspecified atom stereocenters. The van der Waals surface area contributed by atoms with Crippen LogP contribution in [-0.2, 0) is 9.59 Å². The minimum absolute atomic E-state index is 0.324. The molecule has 138 valence electrons. The molecule has 3 nitrogen and oxygen atoms in total. The van der Waals surface area contributed by atoms with E-state index >= 15 is 0 Å². The zero-order valence-electron chi connectivity index (χ0n) is 16.3. The molecule has 1 aromatic rings. The minimum atomic E-state index is -0.330. The highest BCUT2D eigenvalue weighted by atomic mass is 16.2. The molecule has 0 bridgehead atoms. The maximum absolute atomic E-state index is 12.8. The fraction of sp³-hybridized carbons (Fsp3) is 0.250. The third-order valence-electron chi connectivity index (χ3n) is 5.16. The van der Waals surface area contributed by atoms with Gasteiger partial charge in [0.1, 0.15) is 0 Å². The van der Waals surface area contributed by atoms with Crippen molar-refractivity contribution in [3.63, 3.8) is 0 Å². The molecule has 0 fully saturated rings. The van der Waals surface area contributed by atoms with Gasteiger partial charge in [0.2, 0.25) is 0 Å². The zero-order valence-corrected chi connectivity index (χ0v) is 16.3. The number of allylic oxidation sites excluding steroid dienone is 6. The Kier molecular flexibility index (Phi) is 5.41. The van der Waals surface area contributed by atoms with Crippen LogP contribution < -0.4 is 5.32 Å². The van der Waals surface area contributed by atoms with Gasteiger partial charge < -0.3 is 0 Å². The number of amides is 2. The second-order valence-corrected chi connectivity index (χ2v) is 6.84. The van der Waals surface area contributed by atoms with Crippen LogP contribution in [0.2, 0.25) is 0 Å². The lowest BCUT2D eigenvalue weighted by Gasteiger charge is -2.18. The van der Waals surface area contributed by atoms with E-state index in [1.807, 2.05) is 57.2 Å². The Labute approximate surface area is 160 Å². The number of carbonyl (C=O) groups excluding carboxylic acids is 2. The monoisotopic (exact) mass is 359 g/mol. The van der Waals surface area contributed by atoms with Crippen molar-refractivity contribution in [1.29, 1.82) is 0 Å². The normalized spacial score (nSPS) is 18.5. The van der Waals surface area contributed by atoms with E-state index in [1.54, 1.807) is 0 Å². The Morgan fingerprint density at radius 1 is 0.889 bits per heavy atom. The van der Waals surface area contributed by atoms with E-state index < -0.39 is 0 Å². The van der Waals surface area contributed by atoms with Gasteiger partial charge >= 0.3 is 0 Å². The number of carbonyl (C=O) groups is 2. The molecular weight excluding hydrogens is 334 g/mol. The van der Waals surface area contributed by atoms with Gasteiger partial charge in [0, 0.05) is 0 Å². The molecule has 0 spiro atoms. The first kappa shape index (κ1) is 18.8. The summed E-state index contributed by atoms with van der Waals surface area (Å²) in [6.45, 7) is 7.90. The highest BCUT2D eigenvalue weighted by Gasteiger charge is 2.35. The van der Waals surface area contributed by atoms with Gasteiger partial charge in [-0.1, -0.05) is 48.6 Å². The first-order valence-corrected chi connectivity index (χ1v) is 9.36. The van der Waals surface area contributed by atoms with Gasteiger partial charge in [-0.25, -0.2) is 0 Å². The number of hydrogen-bond acceptors (Lipinski definition) is 2. The topological polar surface area (TPSA) is 46.2 Å². The summed E-state index contributed by atoms with van der Waals surface area (Å²) in [6, 6.07) is 7.93. The average molecular weight is 359 g/mol. The molecule has 1 aliphatic heterocycles. The smallest absolute Gasteiger partial charge is 0.259 e. The Bertz CT molecular complexity index is 968. The second kappa shape index (κ2) is 7.75. The molecule has 1 heterocycles. The summed E-state index contributed by atoms with van der Waals surface area (Å²) in [5.41, 5.74) is 6.78. The standard InChI is InChI=1S/C24H25NO2/c1-5-17(19-13-9-7-11-15(19)3)21-22(24(27)25-23(21)26)18(6-2)20-14-10-8-12-16(20)4/h5-7,9,11-14H,8,10H2,1-4H3,(H,25,26,27)/b17-5+,18-6+. The fourth-order valence-electron chi connectivity index (χ4n) is 3.83. The highest BCUT2D eigenvalue weighted by Crippen LogP contribution is 2.38. The molecule has 3 rings (SSSR count). The molecule has 1 N–H and O–H groups in total. The lowest BCUT2D eigenvalue weighted by molar-refractivity contribution is -0.123. The molecule has 2 aliphatic rings. The molecular formula is C24H25NO2. The zero-order chi connectivity index (χ0) is 19.6. The summed E-state index contributed by atoms with van der Waals surface area (Å²) in [5, 5.41) is 2.51. The number of imide groups is 1. The largest absolute Gasteiger partial charge is 0.288 e. The fourth-order valence-corrected chi connectivity index (χ4v) is 3.83. The predicted octanol–water partition coefficient (Wildman–Crippen LogP) is 4.96. The number of rotatable bonds is 4. The molecule has 3 heteroatoms. The van der Waals surface area contributed by atoms with E-state index in [1.165, 1.54) is 0 Å². The van der Waals surface area contributed by atoms with E-state index in [2.05, 4.69) is 24.4 Å². The summed E-state index contributed by atoms with van der Waals surface area (Å²) >= 11 is 0. The first-order chi connectivity index (χ1) is 13.0. The number of aryl methyl sites for hydroxylation is 1. The lowest BCUT2D eigenvalue weighted by Crippen LogP contribution is -2.24. The predicted molar refractivity (Wildman–Crippen MR) is 110 cm³/mol. The van der Waals surface area contributed by atoms with Crippen molar-refractivity contribution in [3.8, 4) is 0 Å². The van der Waals surface area contributed by atoms with Crippen LogP contribution >= 0.6 is 0 Å². The Morgan fingerprint density at radius 3 is 2.07 bits per heavy atom. The van der Waals surface area contributed by atoms with Gasteiger partial charge in [0.15, 0.2) is 0 Å². The van der Waals surface area contributed by atoms with Gasteiger partial charge in [-0.15, -0.1) is 0 Å². The van der Waals surface area contributed by atoms with Crippen molar-refractivity contribution in [2.75, 3.05) is 0 Å². The average Bonchev–Trinajstić information content (AvgIpc) is 2.94. The van der Waals surface area contributed by atoms with Crippen LogP contribution in [0.3, 0.4) is 0 Å². The molecule has 0 aromatic heterocycles. The second-order valence-electron chi connectivity index (χ2n) is 6.84. The summed E-state index contributed by atoms with van der Waals surface area (Å²) < 4.78 is 0. The molecule has 0 atom stereocenters. The third kappa shape index (κ3) is 3.37. The van der Waals surface area contributed by atoms with E-state index in [4.69, 9.17) is 0 Å². The SMILES string of the molecule is C/C=C(\C1=CCCC=C1C)C1=C(/C(=C/C)c2ccccc2C)C(=O)NC1=O. The van der Waals surface area contributed by atoms with Crippen LogP contribution in [0.25, 0.3) is 5.57 Å². The van der Waals surface area contributed by atoms with Crippen molar-refractivity contribution in [2.24, 2.45) is 0 Å². The quantitative estimate of drug-likeness (QED) is 0.772.